The summed E-state index contributed by atoms with van der Waals surface area (Å²) in [7, 11) is 1.51. The van der Waals surface area contributed by atoms with Gasteiger partial charge in [0.05, 0.1) is 20.2 Å². The molecule has 0 fully saturated rings. The molecule has 0 spiro atoms. The third-order valence-corrected chi connectivity index (χ3v) is 4.01. The lowest BCUT2D eigenvalue weighted by Gasteiger charge is -2.15. The van der Waals surface area contributed by atoms with Gasteiger partial charge in [0.1, 0.15) is 17.3 Å². The van der Waals surface area contributed by atoms with E-state index in [2.05, 4.69) is 43.8 Å². The maximum absolute atomic E-state index is 12.7. The van der Waals surface area contributed by atoms with Crippen molar-refractivity contribution in [2.24, 2.45) is 10.9 Å². The van der Waals surface area contributed by atoms with E-state index in [1.807, 2.05) is 13.1 Å². The van der Waals surface area contributed by atoms with Crippen LogP contribution in [0.4, 0.5) is 8.78 Å². The fourth-order valence-electron chi connectivity index (χ4n) is 2.75. The first-order valence-corrected chi connectivity index (χ1v) is 9.56. The van der Waals surface area contributed by atoms with Crippen LogP contribution < -0.4 is 20.1 Å². The maximum atomic E-state index is 12.7. The number of rotatable bonds is 10. The highest BCUT2D eigenvalue weighted by Crippen LogP contribution is 2.26. The zero-order valence-electron chi connectivity index (χ0n) is 17.7. The quantitative estimate of drug-likeness (QED) is 0.272. The van der Waals surface area contributed by atoms with Crippen molar-refractivity contribution in [1.82, 2.24) is 20.2 Å². The molecule has 0 amide bonds. The van der Waals surface area contributed by atoms with E-state index in [1.165, 1.54) is 13.2 Å². The van der Waals surface area contributed by atoms with Gasteiger partial charge in [-0.15, -0.1) is 24.0 Å². The van der Waals surface area contributed by atoms with Gasteiger partial charge < -0.3 is 24.7 Å². The van der Waals surface area contributed by atoms with E-state index < -0.39 is 6.61 Å². The van der Waals surface area contributed by atoms with Gasteiger partial charge in [0, 0.05) is 31.0 Å². The van der Waals surface area contributed by atoms with Crippen LogP contribution in [0.15, 0.2) is 35.6 Å². The van der Waals surface area contributed by atoms with Crippen LogP contribution in [-0.4, -0.2) is 35.8 Å². The fraction of sp³-hybridized carbons (Fsp3) is 0.500. The molecule has 0 aliphatic carbocycles. The van der Waals surface area contributed by atoms with Crippen LogP contribution >= 0.6 is 24.0 Å². The second-order valence-corrected chi connectivity index (χ2v) is 6.79. The average Bonchev–Trinajstić information content (AvgIpc) is 3.10. The predicted molar refractivity (Wildman–Crippen MR) is 124 cm³/mol. The number of alkyl halides is 2. The van der Waals surface area contributed by atoms with E-state index >= 15 is 0 Å². The maximum Gasteiger partial charge on any atom is 0.387 e. The van der Waals surface area contributed by atoms with Crippen LogP contribution in [0.2, 0.25) is 0 Å². The van der Waals surface area contributed by atoms with Gasteiger partial charge in [-0.05, 0) is 31.0 Å². The molecule has 10 heteroatoms. The molecule has 1 aromatic carbocycles. The second kappa shape index (κ2) is 13.2. The third-order valence-electron chi connectivity index (χ3n) is 4.01. The van der Waals surface area contributed by atoms with E-state index in [-0.39, 0.29) is 36.3 Å². The van der Waals surface area contributed by atoms with Crippen LogP contribution in [0.25, 0.3) is 0 Å². The summed E-state index contributed by atoms with van der Waals surface area (Å²) in [6.07, 6.45) is 3.72. The Morgan fingerprint density at radius 1 is 1.27 bits per heavy atom. The number of nitrogens with zero attached hydrogens (tertiary/aromatic N) is 3. The highest BCUT2D eigenvalue weighted by Gasteiger charge is 2.12. The topological polar surface area (TPSA) is 72.7 Å². The van der Waals surface area contributed by atoms with Crippen molar-refractivity contribution in [2.75, 3.05) is 13.7 Å². The molecule has 0 saturated carbocycles. The molecule has 2 N–H and O–H groups in total. The molecule has 7 nitrogen and oxygen atoms in total. The van der Waals surface area contributed by atoms with Gasteiger partial charge in [0.25, 0.3) is 0 Å². The lowest BCUT2D eigenvalue weighted by atomic mass is 10.2. The summed E-state index contributed by atoms with van der Waals surface area (Å²) in [6.45, 7) is 5.52. The number of hydrogen-bond donors (Lipinski definition) is 2. The Hall–Kier alpha value is -2.11. The molecule has 0 aliphatic heterocycles. The van der Waals surface area contributed by atoms with Gasteiger partial charge in [-0.2, -0.15) is 8.78 Å². The number of aliphatic imine (C=N–C) groups is 1. The molecule has 0 aliphatic rings. The normalized spacial score (nSPS) is 11.4. The fourth-order valence-corrected chi connectivity index (χ4v) is 2.75. The van der Waals surface area contributed by atoms with Crippen molar-refractivity contribution in [3.05, 3.63) is 42.0 Å². The van der Waals surface area contributed by atoms with Gasteiger partial charge >= 0.3 is 6.61 Å². The van der Waals surface area contributed by atoms with Gasteiger partial charge in [-0.25, -0.2) is 9.98 Å². The average molecular weight is 537 g/mol. The number of aromatic nitrogens is 2. The molecule has 0 unspecified atom stereocenters. The summed E-state index contributed by atoms with van der Waals surface area (Å²) in [5, 5.41) is 6.38. The van der Waals surface area contributed by atoms with Crippen molar-refractivity contribution < 1.29 is 18.3 Å². The minimum atomic E-state index is -2.91. The second-order valence-electron chi connectivity index (χ2n) is 6.79. The van der Waals surface area contributed by atoms with Gasteiger partial charge in [0.2, 0.25) is 0 Å². The number of benzene rings is 1. The molecule has 1 heterocycles. The van der Waals surface area contributed by atoms with E-state index in [1.54, 1.807) is 18.3 Å². The number of guanidine groups is 1. The molecule has 0 bridgehead atoms. The highest BCUT2D eigenvalue weighted by atomic mass is 127. The molecule has 1 aromatic heterocycles. The lowest BCUT2D eigenvalue weighted by Crippen LogP contribution is -2.37. The SMILES string of the molecule is CCNC(=NCc1cc(OC)ccc1OC(F)F)NCc1nccn1CC(C)C.I. The summed E-state index contributed by atoms with van der Waals surface area (Å²) in [4.78, 5) is 8.88. The smallest absolute Gasteiger partial charge is 0.387 e. The third kappa shape index (κ3) is 8.33. The van der Waals surface area contributed by atoms with Crippen LogP contribution in [0.1, 0.15) is 32.2 Å². The molecule has 0 saturated heterocycles. The number of ether oxygens (including phenoxy) is 2. The number of hydrogen-bond acceptors (Lipinski definition) is 4. The van der Waals surface area contributed by atoms with E-state index in [0.717, 1.165) is 12.4 Å². The minimum absolute atomic E-state index is 0. The van der Waals surface area contributed by atoms with Crippen molar-refractivity contribution in [3.63, 3.8) is 0 Å². The number of nitrogens with one attached hydrogen (secondary N) is 2. The summed E-state index contributed by atoms with van der Waals surface area (Å²) in [6, 6.07) is 4.67. The summed E-state index contributed by atoms with van der Waals surface area (Å²) < 4.78 is 37.2. The van der Waals surface area contributed by atoms with E-state index in [9.17, 15) is 8.78 Å². The summed E-state index contributed by atoms with van der Waals surface area (Å²) in [5.41, 5.74) is 0.503. The first-order chi connectivity index (χ1) is 13.9. The number of halogens is 3. The van der Waals surface area contributed by atoms with Crippen molar-refractivity contribution >= 4 is 29.9 Å². The molecule has 0 atom stereocenters. The molecule has 30 heavy (non-hydrogen) atoms. The monoisotopic (exact) mass is 537 g/mol. The summed E-state index contributed by atoms with van der Waals surface area (Å²) >= 11 is 0. The molecular formula is C20H30F2IN5O2. The van der Waals surface area contributed by atoms with Gasteiger partial charge in [0.15, 0.2) is 5.96 Å². The predicted octanol–water partition coefficient (Wildman–Crippen LogP) is 4.02. The van der Waals surface area contributed by atoms with Crippen molar-refractivity contribution in [3.8, 4) is 11.5 Å². The molecule has 2 aromatic rings. The minimum Gasteiger partial charge on any atom is -0.497 e. The van der Waals surface area contributed by atoms with Crippen molar-refractivity contribution in [2.45, 2.75) is 47.0 Å². The Kier molecular flexibility index (Phi) is 11.4. The highest BCUT2D eigenvalue weighted by molar-refractivity contribution is 14.0. The lowest BCUT2D eigenvalue weighted by molar-refractivity contribution is -0.0504. The van der Waals surface area contributed by atoms with Gasteiger partial charge in [-0.3, -0.25) is 0 Å². The zero-order chi connectivity index (χ0) is 21.2. The van der Waals surface area contributed by atoms with Crippen molar-refractivity contribution in [1.29, 1.82) is 0 Å². The van der Waals surface area contributed by atoms with E-state index in [0.29, 0.717) is 36.3 Å². The van der Waals surface area contributed by atoms with Crippen LogP contribution in [0.5, 0.6) is 11.5 Å². The Balaban J connectivity index is 0.00000450. The zero-order valence-corrected chi connectivity index (χ0v) is 20.0. The molecular weight excluding hydrogens is 507 g/mol. The molecule has 168 valence electrons. The first kappa shape index (κ1) is 25.9. The number of methoxy groups -OCH3 is 1. The Morgan fingerprint density at radius 2 is 2.03 bits per heavy atom. The first-order valence-electron chi connectivity index (χ1n) is 9.56. The molecule has 2 rings (SSSR count). The largest absolute Gasteiger partial charge is 0.497 e. The van der Waals surface area contributed by atoms with Gasteiger partial charge in [-0.1, -0.05) is 13.8 Å². The summed E-state index contributed by atoms with van der Waals surface area (Å²) in [5.74, 6) is 2.58. The standard InChI is InChI=1S/C20H29F2N5O2.HI/c1-5-23-20(26-12-18-24-8-9-27(18)13-14(2)3)25-11-15-10-16(28-4)6-7-17(15)29-19(21)22;/h6-10,14,19H,5,11-13H2,1-4H3,(H2,23,25,26);1H. The van der Waals surface area contributed by atoms with E-state index in [4.69, 9.17) is 4.74 Å². The van der Waals surface area contributed by atoms with Crippen LogP contribution in [-0.2, 0) is 19.6 Å². The number of imidazole rings is 1. The van der Waals surface area contributed by atoms with Crippen LogP contribution in [0.3, 0.4) is 0 Å². The Morgan fingerprint density at radius 3 is 2.67 bits per heavy atom. The Bertz CT molecular complexity index is 799. The Labute approximate surface area is 193 Å². The van der Waals surface area contributed by atoms with Crippen LogP contribution in [0, 0.1) is 5.92 Å². The molecule has 0 radical (unpaired) electrons.